The van der Waals surface area contributed by atoms with E-state index in [2.05, 4.69) is 38.9 Å². The van der Waals surface area contributed by atoms with E-state index in [4.69, 9.17) is 0 Å². The van der Waals surface area contributed by atoms with Crippen LogP contribution in [0, 0.1) is 0 Å². The van der Waals surface area contributed by atoms with Gasteiger partial charge in [0.25, 0.3) is 5.91 Å². The highest BCUT2D eigenvalue weighted by molar-refractivity contribution is 6.04. The number of rotatable bonds is 8. The highest BCUT2D eigenvalue weighted by Crippen LogP contribution is 2.20. The van der Waals surface area contributed by atoms with Gasteiger partial charge in [-0.25, -0.2) is 4.98 Å². The van der Waals surface area contributed by atoms with E-state index < -0.39 is 0 Å². The maximum atomic E-state index is 12.8. The van der Waals surface area contributed by atoms with Crippen LogP contribution >= 0.6 is 0 Å². The molecule has 1 heterocycles. The fourth-order valence-electron chi connectivity index (χ4n) is 3.26. The van der Waals surface area contributed by atoms with Crippen molar-refractivity contribution in [3.8, 4) is 0 Å². The number of hydrogen-bond donors (Lipinski definition) is 2. The molecule has 0 unspecified atom stereocenters. The van der Waals surface area contributed by atoms with Gasteiger partial charge in [-0.15, -0.1) is 0 Å². The molecule has 1 aromatic heterocycles. The average molecular weight is 393 g/mol. The number of aromatic nitrogens is 2. The minimum absolute atomic E-state index is 0.149. The molecule has 2 aromatic carbocycles. The minimum Gasteiger partial charge on any atom is -0.326 e. The van der Waals surface area contributed by atoms with Crippen molar-refractivity contribution < 1.29 is 9.59 Å². The van der Waals surface area contributed by atoms with E-state index in [-0.39, 0.29) is 11.8 Å². The number of fused-ring (bicyclic) bond motifs is 1. The minimum atomic E-state index is -0.237. The van der Waals surface area contributed by atoms with Crippen molar-refractivity contribution >= 4 is 34.5 Å². The van der Waals surface area contributed by atoms with Crippen molar-refractivity contribution in [2.45, 2.75) is 27.3 Å². The first-order valence-corrected chi connectivity index (χ1v) is 9.88. The van der Waals surface area contributed by atoms with Gasteiger partial charge in [-0.3, -0.25) is 14.9 Å². The number of nitrogens with zero attached hydrogens (tertiary/aromatic N) is 3. The number of nitrogens with one attached hydrogen (secondary N) is 2. The lowest BCUT2D eigenvalue weighted by Gasteiger charge is -2.19. The first-order chi connectivity index (χ1) is 14.0. The summed E-state index contributed by atoms with van der Waals surface area (Å²) < 4.78 is 2.05. The first-order valence-electron chi connectivity index (χ1n) is 9.88. The van der Waals surface area contributed by atoms with E-state index in [1.807, 2.05) is 24.3 Å². The van der Waals surface area contributed by atoms with Crippen LogP contribution in [-0.4, -0.2) is 45.9 Å². The molecule has 152 valence electrons. The van der Waals surface area contributed by atoms with Gasteiger partial charge in [-0.2, -0.15) is 0 Å². The average Bonchev–Trinajstić information content (AvgIpc) is 3.06. The second-order valence-corrected chi connectivity index (χ2v) is 6.82. The van der Waals surface area contributed by atoms with Crippen molar-refractivity contribution in [1.82, 2.24) is 14.5 Å². The standard InChI is InChI=1S/C22H27N5O2/c1-4-26(5-2)14-15-27-20-9-7-6-8-19(20)24-22(27)25-21(29)17-10-12-18(13-11-17)23-16(3)28/h6-13H,4-5,14-15H2,1-3H3,(H,23,28)(H,24,25,29). The lowest BCUT2D eigenvalue weighted by Crippen LogP contribution is -2.27. The molecule has 0 fully saturated rings. The Morgan fingerprint density at radius 1 is 1.00 bits per heavy atom. The zero-order chi connectivity index (χ0) is 20.8. The van der Waals surface area contributed by atoms with Crippen LogP contribution in [-0.2, 0) is 11.3 Å². The second kappa shape index (κ2) is 9.34. The Kier molecular flexibility index (Phi) is 6.61. The van der Waals surface area contributed by atoms with Crippen LogP contribution in [0.1, 0.15) is 31.1 Å². The predicted molar refractivity (Wildman–Crippen MR) is 116 cm³/mol. The van der Waals surface area contributed by atoms with E-state index >= 15 is 0 Å². The number of carbonyl (C=O) groups is 2. The lowest BCUT2D eigenvalue weighted by atomic mass is 10.2. The van der Waals surface area contributed by atoms with E-state index in [1.54, 1.807) is 24.3 Å². The van der Waals surface area contributed by atoms with Gasteiger partial charge in [0.15, 0.2) is 0 Å². The predicted octanol–water partition coefficient (Wildman–Crippen LogP) is 3.59. The lowest BCUT2D eigenvalue weighted by molar-refractivity contribution is -0.114. The smallest absolute Gasteiger partial charge is 0.257 e. The van der Waals surface area contributed by atoms with Gasteiger partial charge in [-0.05, 0) is 49.5 Å². The summed E-state index contributed by atoms with van der Waals surface area (Å²) in [4.78, 5) is 30.9. The van der Waals surface area contributed by atoms with E-state index in [9.17, 15) is 9.59 Å². The van der Waals surface area contributed by atoms with Crippen molar-refractivity contribution in [1.29, 1.82) is 0 Å². The van der Waals surface area contributed by atoms with Gasteiger partial charge >= 0.3 is 0 Å². The maximum Gasteiger partial charge on any atom is 0.257 e. The van der Waals surface area contributed by atoms with Crippen LogP contribution in [0.3, 0.4) is 0 Å². The number of anilines is 2. The number of amides is 2. The number of hydrogen-bond acceptors (Lipinski definition) is 4. The number of benzene rings is 2. The monoisotopic (exact) mass is 393 g/mol. The van der Waals surface area contributed by atoms with Gasteiger partial charge in [0, 0.05) is 31.3 Å². The molecule has 7 nitrogen and oxygen atoms in total. The zero-order valence-corrected chi connectivity index (χ0v) is 17.1. The molecule has 0 radical (unpaired) electrons. The van der Waals surface area contributed by atoms with Gasteiger partial charge in [0.05, 0.1) is 11.0 Å². The molecule has 3 rings (SSSR count). The van der Waals surface area contributed by atoms with Crippen LogP contribution in [0.4, 0.5) is 11.6 Å². The molecule has 0 aliphatic carbocycles. The third-order valence-electron chi connectivity index (χ3n) is 4.88. The van der Waals surface area contributed by atoms with Gasteiger partial charge in [0.2, 0.25) is 11.9 Å². The number of para-hydroxylation sites is 2. The topological polar surface area (TPSA) is 79.3 Å². The van der Waals surface area contributed by atoms with Crippen molar-refractivity contribution in [3.05, 3.63) is 54.1 Å². The summed E-state index contributed by atoms with van der Waals surface area (Å²) >= 11 is 0. The van der Waals surface area contributed by atoms with Crippen LogP contribution < -0.4 is 10.6 Å². The molecule has 2 amide bonds. The molecule has 7 heteroatoms. The summed E-state index contributed by atoms with van der Waals surface area (Å²) in [5.74, 6) is 0.150. The van der Waals surface area contributed by atoms with Crippen molar-refractivity contribution in [2.24, 2.45) is 0 Å². The van der Waals surface area contributed by atoms with Crippen molar-refractivity contribution in [2.75, 3.05) is 30.3 Å². The second-order valence-electron chi connectivity index (χ2n) is 6.82. The molecular formula is C22H27N5O2. The van der Waals surface area contributed by atoms with Crippen LogP contribution in [0.25, 0.3) is 11.0 Å². The Morgan fingerprint density at radius 2 is 1.69 bits per heavy atom. The van der Waals surface area contributed by atoms with Crippen LogP contribution in [0.15, 0.2) is 48.5 Å². The van der Waals surface area contributed by atoms with E-state index in [0.717, 1.165) is 37.2 Å². The summed E-state index contributed by atoms with van der Waals surface area (Å²) in [7, 11) is 0. The van der Waals surface area contributed by atoms with Gasteiger partial charge < -0.3 is 14.8 Å². The first kappa shape index (κ1) is 20.5. The molecule has 0 aliphatic heterocycles. The van der Waals surface area contributed by atoms with Crippen LogP contribution in [0.2, 0.25) is 0 Å². The molecule has 0 saturated heterocycles. The third kappa shape index (κ3) is 5.00. The molecular weight excluding hydrogens is 366 g/mol. The Morgan fingerprint density at radius 3 is 2.34 bits per heavy atom. The van der Waals surface area contributed by atoms with Gasteiger partial charge in [0.1, 0.15) is 0 Å². The Labute approximate surface area is 170 Å². The fraction of sp³-hybridized carbons (Fsp3) is 0.318. The summed E-state index contributed by atoms with van der Waals surface area (Å²) in [6.45, 7) is 9.30. The molecule has 29 heavy (non-hydrogen) atoms. The van der Waals surface area contributed by atoms with E-state index in [1.165, 1.54) is 6.92 Å². The summed E-state index contributed by atoms with van der Waals surface area (Å²) in [5, 5.41) is 5.64. The summed E-state index contributed by atoms with van der Waals surface area (Å²) in [6, 6.07) is 14.7. The maximum absolute atomic E-state index is 12.8. The molecule has 0 spiro atoms. The van der Waals surface area contributed by atoms with Gasteiger partial charge in [-0.1, -0.05) is 26.0 Å². The Hall–Kier alpha value is -3.19. The zero-order valence-electron chi connectivity index (χ0n) is 17.1. The summed E-state index contributed by atoms with van der Waals surface area (Å²) in [6.07, 6.45) is 0. The normalized spacial score (nSPS) is 11.0. The highest BCUT2D eigenvalue weighted by Gasteiger charge is 2.15. The third-order valence-corrected chi connectivity index (χ3v) is 4.88. The van der Waals surface area contributed by atoms with E-state index in [0.29, 0.717) is 17.2 Å². The quantitative estimate of drug-likeness (QED) is 0.613. The molecule has 0 bridgehead atoms. The highest BCUT2D eigenvalue weighted by atomic mass is 16.2. The molecule has 0 aliphatic rings. The number of imidazole rings is 1. The van der Waals surface area contributed by atoms with Crippen LogP contribution in [0.5, 0.6) is 0 Å². The molecule has 3 aromatic rings. The number of carbonyl (C=O) groups excluding carboxylic acids is 2. The molecule has 0 atom stereocenters. The molecule has 0 saturated carbocycles. The summed E-state index contributed by atoms with van der Waals surface area (Å²) in [5.41, 5.74) is 3.00. The Bertz CT molecular complexity index is 990. The Balaban J connectivity index is 1.82. The molecule has 2 N–H and O–H groups in total. The number of likely N-dealkylation sites (N-methyl/N-ethyl adjacent to an activating group) is 1. The fourth-order valence-corrected chi connectivity index (χ4v) is 3.26. The largest absolute Gasteiger partial charge is 0.326 e. The SMILES string of the molecule is CCN(CC)CCn1c(NC(=O)c2ccc(NC(C)=O)cc2)nc2ccccc21. The van der Waals surface area contributed by atoms with Crippen molar-refractivity contribution in [3.63, 3.8) is 0 Å².